The van der Waals surface area contributed by atoms with E-state index in [1.165, 1.54) is 16.7 Å². The van der Waals surface area contributed by atoms with Crippen LogP contribution in [0.4, 0.5) is 0 Å². The summed E-state index contributed by atoms with van der Waals surface area (Å²) in [6.07, 6.45) is 1.01. The van der Waals surface area contributed by atoms with Crippen LogP contribution < -0.4 is 10.1 Å². The van der Waals surface area contributed by atoms with Gasteiger partial charge in [-0.05, 0) is 54.4 Å². The van der Waals surface area contributed by atoms with Crippen molar-refractivity contribution < 1.29 is 4.74 Å². The Morgan fingerprint density at radius 1 is 1.05 bits per heavy atom. The maximum absolute atomic E-state index is 6.17. The maximum Gasteiger partial charge on any atom is 0.119 e. The molecule has 0 aromatic heterocycles. The average Bonchev–Trinajstić information content (AvgIpc) is 2.87. The Hall–Kier alpha value is -0.930. The minimum atomic E-state index is 0. The number of benzene rings is 2. The molecule has 0 saturated heterocycles. The van der Waals surface area contributed by atoms with Gasteiger partial charge in [-0.1, -0.05) is 35.3 Å². The van der Waals surface area contributed by atoms with Crippen LogP contribution >= 0.6 is 35.6 Å². The molecule has 0 amide bonds. The molecule has 0 radical (unpaired) electrons. The molecule has 0 bridgehead atoms. The summed E-state index contributed by atoms with van der Waals surface area (Å²) in [6, 6.07) is 12.5. The van der Waals surface area contributed by atoms with E-state index in [0.717, 1.165) is 12.2 Å². The fourth-order valence-electron chi connectivity index (χ4n) is 3.11. The molecule has 1 N–H and O–H groups in total. The number of ether oxygens (including phenoxy) is 1. The van der Waals surface area contributed by atoms with Gasteiger partial charge in [0.25, 0.3) is 0 Å². The largest absolute Gasteiger partial charge is 0.497 e. The molecule has 0 heterocycles. The van der Waals surface area contributed by atoms with Crippen molar-refractivity contribution in [3.63, 3.8) is 0 Å². The number of rotatable bonds is 3. The van der Waals surface area contributed by atoms with Crippen molar-refractivity contribution in [2.75, 3.05) is 14.2 Å². The lowest BCUT2D eigenvalue weighted by molar-refractivity contribution is 0.413. The molecule has 0 aliphatic heterocycles. The van der Waals surface area contributed by atoms with Crippen LogP contribution in [-0.2, 0) is 0 Å². The number of nitrogens with one attached hydrogen (secondary N) is 1. The standard InChI is InChI=1S/C17H17Cl2NO.ClH/c1-20-17-9-13(10-3-6-15(18)16(19)7-10)12-5-4-11(21-2)8-14(12)17;/h3-8,13,17,20H,9H2,1-2H3;1H/t13?,17-;/m1./s1. The SMILES string of the molecule is CN[C@@H]1CC(c2ccc(Cl)c(Cl)c2)c2ccc(OC)cc21.Cl. The van der Waals surface area contributed by atoms with Gasteiger partial charge in [0, 0.05) is 12.0 Å². The lowest BCUT2D eigenvalue weighted by Crippen LogP contribution is -2.13. The normalized spacial score (nSPS) is 19.5. The molecule has 0 spiro atoms. The summed E-state index contributed by atoms with van der Waals surface area (Å²) < 4.78 is 5.34. The third kappa shape index (κ3) is 3.07. The van der Waals surface area contributed by atoms with Gasteiger partial charge >= 0.3 is 0 Å². The summed E-state index contributed by atoms with van der Waals surface area (Å²) >= 11 is 12.2. The molecular weight excluding hydrogens is 341 g/mol. The second kappa shape index (κ2) is 7.10. The number of methoxy groups -OCH3 is 1. The first-order valence-corrected chi connectivity index (χ1v) is 7.69. The Bertz CT molecular complexity index is 675. The Balaban J connectivity index is 0.00000176. The Kier molecular flexibility index (Phi) is 5.62. The van der Waals surface area contributed by atoms with Gasteiger partial charge in [-0.3, -0.25) is 0 Å². The van der Waals surface area contributed by atoms with Crippen LogP contribution in [0.3, 0.4) is 0 Å². The molecule has 2 aromatic rings. The van der Waals surface area contributed by atoms with Gasteiger partial charge in [-0.2, -0.15) is 0 Å². The first kappa shape index (κ1) is 17.4. The summed E-state index contributed by atoms with van der Waals surface area (Å²) in [5.41, 5.74) is 3.83. The van der Waals surface area contributed by atoms with Crippen molar-refractivity contribution in [3.05, 3.63) is 63.1 Å². The predicted octanol–water partition coefficient (Wildman–Crippen LogP) is 5.22. The molecule has 0 fully saturated rings. The van der Waals surface area contributed by atoms with Gasteiger partial charge in [0.05, 0.1) is 17.2 Å². The van der Waals surface area contributed by atoms with E-state index in [2.05, 4.69) is 23.5 Å². The Labute approximate surface area is 147 Å². The predicted molar refractivity (Wildman–Crippen MR) is 95.0 cm³/mol. The fraction of sp³-hybridized carbons (Fsp3) is 0.294. The molecule has 1 aliphatic rings. The zero-order chi connectivity index (χ0) is 15.0. The highest BCUT2D eigenvalue weighted by atomic mass is 35.5. The second-order valence-electron chi connectivity index (χ2n) is 5.30. The first-order valence-electron chi connectivity index (χ1n) is 6.94. The third-order valence-corrected chi connectivity index (χ3v) is 4.95. The summed E-state index contributed by atoms with van der Waals surface area (Å²) in [5.74, 6) is 1.22. The van der Waals surface area contributed by atoms with Crippen LogP contribution in [0.1, 0.15) is 35.1 Å². The molecule has 22 heavy (non-hydrogen) atoms. The minimum Gasteiger partial charge on any atom is -0.497 e. The van der Waals surface area contributed by atoms with Crippen molar-refractivity contribution >= 4 is 35.6 Å². The number of halogens is 3. The molecular formula is C17H18Cl3NO. The van der Waals surface area contributed by atoms with Gasteiger partial charge < -0.3 is 10.1 Å². The first-order chi connectivity index (χ1) is 10.1. The Morgan fingerprint density at radius 3 is 2.45 bits per heavy atom. The maximum atomic E-state index is 6.17. The average molecular weight is 359 g/mol. The van der Waals surface area contributed by atoms with Crippen LogP contribution in [0.2, 0.25) is 10.0 Å². The van der Waals surface area contributed by atoms with Crippen molar-refractivity contribution in [2.45, 2.75) is 18.4 Å². The zero-order valence-electron chi connectivity index (χ0n) is 12.4. The van der Waals surface area contributed by atoms with E-state index < -0.39 is 0 Å². The molecule has 2 atom stereocenters. The van der Waals surface area contributed by atoms with Crippen LogP contribution in [0.15, 0.2) is 36.4 Å². The number of hydrogen-bond acceptors (Lipinski definition) is 2. The van der Waals surface area contributed by atoms with Crippen LogP contribution in [-0.4, -0.2) is 14.2 Å². The van der Waals surface area contributed by atoms with E-state index in [0.29, 0.717) is 22.0 Å². The van der Waals surface area contributed by atoms with Gasteiger partial charge in [-0.15, -0.1) is 12.4 Å². The van der Waals surface area contributed by atoms with E-state index in [1.807, 2.05) is 25.2 Å². The van der Waals surface area contributed by atoms with E-state index in [4.69, 9.17) is 27.9 Å². The minimum absolute atomic E-state index is 0. The lowest BCUT2D eigenvalue weighted by atomic mass is 9.93. The van der Waals surface area contributed by atoms with Crippen LogP contribution in [0, 0.1) is 0 Å². The number of fused-ring (bicyclic) bond motifs is 1. The highest BCUT2D eigenvalue weighted by Gasteiger charge is 2.31. The molecule has 1 aliphatic carbocycles. The summed E-state index contributed by atoms with van der Waals surface area (Å²) in [4.78, 5) is 0. The van der Waals surface area contributed by atoms with E-state index in [9.17, 15) is 0 Å². The second-order valence-corrected chi connectivity index (χ2v) is 6.11. The molecule has 2 nitrogen and oxygen atoms in total. The van der Waals surface area contributed by atoms with E-state index in [1.54, 1.807) is 7.11 Å². The van der Waals surface area contributed by atoms with Crippen LogP contribution in [0.5, 0.6) is 5.75 Å². The summed E-state index contributed by atoms with van der Waals surface area (Å²) in [6.45, 7) is 0. The van der Waals surface area contributed by atoms with Gasteiger partial charge in [0.1, 0.15) is 5.75 Å². The lowest BCUT2D eigenvalue weighted by Gasteiger charge is -2.13. The zero-order valence-corrected chi connectivity index (χ0v) is 14.7. The molecule has 118 valence electrons. The van der Waals surface area contributed by atoms with Gasteiger partial charge in [-0.25, -0.2) is 0 Å². The van der Waals surface area contributed by atoms with Gasteiger partial charge in [0.15, 0.2) is 0 Å². The van der Waals surface area contributed by atoms with Crippen molar-refractivity contribution in [2.24, 2.45) is 0 Å². The third-order valence-electron chi connectivity index (χ3n) is 4.21. The highest BCUT2D eigenvalue weighted by Crippen LogP contribution is 2.45. The summed E-state index contributed by atoms with van der Waals surface area (Å²) in [5, 5.41) is 4.59. The molecule has 1 unspecified atom stereocenters. The monoisotopic (exact) mass is 357 g/mol. The van der Waals surface area contributed by atoms with E-state index in [-0.39, 0.29) is 12.4 Å². The highest BCUT2D eigenvalue weighted by molar-refractivity contribution is 6.42. The molecule has 2 aromatic carbocycles. The Morgan fingerprint density at radius 2 is 1.82 bits per heavy atom. The molecule has 5 heteroatoms. The smallest absolute Gasteiger partial charge is 0.119 e. The fourth-order valence-corrected chi connectivity index (χ4v) is 3.41. The summed E-state index contributed by atoms with van der Waals surface area (Å²) in [7, 11) is 3.69. The van der Waals surface area contributed by atoms with Gasteiger partial charge in [0.2, 0.25) is 0 Å². The molecule has 3 rings (SSSR count). The van der Waals surface area contributed by atoms with Crippen molar-refractivity contribution in [1.29, 1.82) is 0 Å². The van der Waals surface area contributed by atoms with Crippen LogP contribution in [0.25, 0.3) is 0 Å². The number of hydrogen-bond donors (Lipinski definition) is 1. The topological polar surface area (TPSA) is 21.3 Å². The van der Waals surface area contributed by atoms with Crippen molar-refractivity contribution in [1.82, 2.24) is 5.32 Å². The quantitative estimate of drug-likeness (QED) is 0.812. The molecule has 0 saturated carbocycles. The van der Waals surface area contributed by atoms with Crippen molar-refractivity contribution in [3.8, 4) is 5.75 Å². The van der Waals surface area contributed by atoms with E-state index >= 15 is 0 Å².